The molecular formula is C25H36O2. The molecule has 27 heavy (non-hydrogen) atoms. The predicted octanol–water partition coefficient (Wildman–Crippen LogP) is 5.89. The van der Waals surface area contributed by atoms with Crippen LogP contribution in [0.3, 0.4) is 0 Å². The number of allylic oxidation sites excluding steroid dienone is 1. The molecule has 7 atom stereocenters. The van der Waals surface area contributed by atoms with Crippen LogP contribution in [0.2, 0.25) is 0 Å². The van der Waals surface area contributed by atoms with Crippen LogP contribution in [0.4, 0.5) is 0 Å². The Morgan fingerprint density at radius 2 is 1.81 bits per heavy atom. The highest BCUT2D eigenvalue weighted by atomic mass is 16.1. The smallest absolute Gasteiger partial charge is 0.155 e. The Morgan fingerprint density at radius 1 is 1.00 bits per heavy atom. The van der Waals surface area contributed by atoms with Crippen molar-refractivity contribution in [2.24, 2.45) is 39.9 Å². The van der Waals surface area contributed by atoms with Gasteiger partial charge in [0.05, 0.1) is 0 Å². The summed E-state index contributed by atoms with van der Waals surface area (Å²) < 4.78 is 0. The highest BCUT2D eigenvalue weighted by molar-refractivity contribution is 5.91. The van der Waals surface area contributed by atoms with Gasteiger partial charge in [0, 0.05) is 11.8 Å². The average molecular weight is 369 g/mol. The number of hydrogen-bond acceptors (Lipinski definition) is 2. The zero-order valence-electron chi connectivity index (χ0n) is 17.5. The monoisotopic (exact) mass is 368 g/mol. The standard InChI is InChI=1S/C25H36O2/c1-16(26)25-11-5-4-6-18(25)15-22-20-8-7-17-14-19(27)9-12-23(17,2)21(20)10-13-24(22,25)3/h14,18,20-22H,4-13,15H2,1-3H3/t18-,20-,21+,22+,23+,24+,25-/m1/s1. The Kier molecular flexibility index (Phi) is 3.89. The van der Waals surface area contributed by atoms with Crippen molar-refractivity contribution in [3.8, 4) is 0 Å². The number of carbonyl (C=O) groups excluding carboxylic acids is 2. The number of ketones is 2. The van der Waals surface area contributed by atoms with Crippen molar-refractivity contribution in [3.63, 3.8) is 0 Å². The van der Waals surface area contributed by atoms with E-state index in [0.29, 0.717) is 17.5 Å². The van der Waals surface area contributed by atoms with Gasteiger partial charge in [-0.1, -0.05) is 32.3 Å². The second-order valence-corrected chi connectivity index (χ2v) is 11.1. The van der Waals surface area contributed by atoms with Gasteiger partial charge in [-0.15, -0.1) is 0 Å². The Morgan fingerprint density at radius 3 is 2.59 bits per heavy atom. The van der Waals surface area contributed by atoms with Crippen LogP contribution in [0.15, 0.2) is 11.6 Å². The summed E-state index contributed by atoms with van der Waals surface area (Å²) >= 11 is 0. The molecule has 0 unspecified atom stereocenters. The quantitative estimate of drug-likeness (QED) is 0.578. The Bertz CT molecular complexity index is 720. The van der Waals surface area contributed by atoms with Gasteiger partial charge in [0.15, 0.2) is 5.78 Å². The largest absolute Gasteiger partial charge is 0.299 e. The van der Waals surface area contributed by atoms with Gasteiger partial charge in [0.1, 0.15) is 5.78 Å². The molecule has 5 aliphatic rings. The molecule has 4 saturated carbocycles. The maximum absolute atomic E-state index is 13.1. The number of fused-ring (bicyclic) bond motifs is 7. The van der Waals surface area contributed by atoms with E-state index in [0.717, 1.165) is 43.4 Å². The normalized spacial score (nSPS) is 51.5. The zero-order valence-corrected chi connectivity index (χ0v) is 17.5. The Balaban J connectivity index is 1.54. The maximum Gasteiger partial charge on any atom is 0.155 e. The van der Waals surface area contributed by atoms with Gasteiger partial charge in [-0.25, -0.2) is 0 Å². The second kappa shape index (κ2) is 5.80. The number of carbonyl (C=O) groups is 2. The van der Waals surface area contributed by atoms with E-state index in [4.69, 9.17) is 0 Å². The van der Waals surface area contributed by atoms with E-state index < -0.39 is 0 Å². The molecule has 0 saturated heterocycles. The molecule has 0 heterocycles. The van der Waals surface area contributed by atoms with Crippen LogP contribution in [-0.4, -0.2) is 11.6 Å². The molecule has 5 rings (SSSR count). The molecule has 4 fully saturated rings. The van der Waals surface area contributed by atoms with Crippen molar-refractivity contribution >= 4 is 11.6 Å². The fourth-order valence-corrected chi connectivity index (χ4v) is 9.36. The van der Waals surface area contributed by atoms with E-state index in [9.17, 15) is 9.59 Å². The minimum Gasteiger partial charge on any atom is -0.299 e. The zero-order chi connectivity index (χ0) is 19.0. The summed E-state index contributed by atoms with van der Waals surface area (Å²) in [5.41, 5.74) is 1.89. The summed E-state index contributed by atoms with van der Waals surface area (Å²) in [7, 11) is 0. The predicted molar refractivity (Wildman–Crippen MR) is 107 cm³/mol. The van der Waals surface area contributed by atoms with Crippen LogP contribution in [0, 0.1) is 39.9 Å². The lowest BCUT2D eigenvalue weighted by atomic mass is 9.44. The van der Waals surface area contributed by atoms with Crippen molar-refractivity contribution in [3.05, 3.63) is 11.6 Å². The van der Waals surface area contributed by atoms with Crippen LogP contribution < -0.4 is 0 Å². The molecular weight excluding hydrogens is 332 g/mol. The van der Waals surface area contributed by atoms with E-state index >= 15 is 0 Å². The summed E-state index contributed by atoms with van der Waals surface area (Å²) in [6.45, 7) is 6.89. The molecule has 0 aromatic heterocycles. The molecule has 0 bridgehead atoms. The lowest BCUT2D eigenvalue weighted by Crippen LogP contribution is -2.55. The van der Waals surface area contributed by atoms with Gasteiger partial charge in [-0.3, -0.25) is 9.59 Å². The summed E-state index contributed by atoms with van der Waals surface area (Å²) in [5.74, 6) is 3.70. The molecule has 0 radical (unpaired) electrons. The fourth-order valence-electron chi connectivity index (χ4n) is 9.36. The van der Waals surface area contributed by atoms with E-state index in [-0.39, 0.29) is 16.2 Å². The summed E-state index contributed by atoms with van der Waals surface area (Å²) in [5, 5.41) is 0. The minimum atomic E-state index is -0.0273. The van der Waals surface area contributed by atoms with Crippen molar-refractivity contribution in [2.75, 3.05) is 0 Å². The van der Waals surface area contributed by atoms with E-state index in [1.807, 2.05) is 13.0 Å². The van der Waals surface area contributed by atoms with Crippen LogP contribution in [0.1, 0.15) is 91.4 Å². The molecule has 148 valence electrons. The summed E-state index contributed by atoms with van der Waals surface area (Å²) in [6.07, 6.45) is 15.0. The highest BCUT2D eigenvalue weighted by Gasteiger charge is 2.69. The molecule has 0 aromatic rings. The molecule has 0 aliphatic heterocycles. The lowest BCUT2D eigenvalue weighted by molar-refractivity contribution is -0.148. The highest BCUT2D eigenvalue weighted by Crippen LogP contribution is 2.74. The number of hydrogen-bond donors (Lipinski definition) is 0. The summed E-state index contributed by atoms with van der Waals surface area (Å²) in [4.78, 5) is 25.1. The van der Waals surface area contributed by atoms with Gasteiger partial charge in [-0.05, 0) is 98.9 Å². The van der Waals surface area contributed by atoms with Crippen molar-refractivity contribution in [1.29, 1.82) is 0 Å². The molecule has 2 heteroatoms. The molecule has 0 spiro atoms. The number of Topliss-reactive ketones (excluding diaryl/α,β-unsaturated/α-hetero) is 1. The fraction of sp³-hybridized carbons (Fsp3) is 0.840. The molecule has 0 aromatic carbocycles. The van der Waals surface area contributed by atoms with E-state index in [2.05, 4.69) is 13.8 Å². The Labute approximate surface area is 164 Å². The topological polar surface area (TPSA) is 34.1 Å². The van der Waals surface area contributed by atoms with Crippen molar-refractivity contribution < 1.29 is 9.59 Å². The van der Waals surface area contributed by atoms with Gasteiger partial charge < -0.3 is 0 Å². The van der Waals surface area contributed by atoms with E-state index in [1.165, 1.54) is 50.5 Å². The SMILES string of the molecule is CC(=O)[C@]12CCCC[C@@H]1C[C@H]1[C@@H]3CCC4=CC(=O)CC[C@]4(C)[C@H]3CC[C@@]12C. The third-order valence-corrected chi connectivity index (χ3v) is 10.6. The first-order valence-electron chi connectivity index (χ1n) is 11.6. The van der Waals surface area contributed by atoms with Crippen molar-refractivity contribution in [2.45, 2.75) is 91.4 Å². The lowest BCUT2D eigenvalue weighted by Gasteiger charge is -2.60. The first kappa shape index (κ1) is 18.1. The molecule has 0 amide bonds. The van der Waals surface area contributed by atoms with Crippen LogP contribution in [0.25, 0.3) is 0 Å². The Hall–Kier alpha value is -0.920. The second-order valence-electron chi connectivity index (χ2n) is 11.1. The van der Waals surface area contributed by atoms with E-state index in [1.54, 1.807) is 0 Å². The molecule has 2 nitrogen and oxygen atoms in total. The summed E-state index contributed by atoms with van der Waals surface area (Å²) in [6, 6.07) is 0. The molecule has 5 aliphatic carbocycles. The van der Waals surface area contributed by atoms with Gasteiger partial charge in [-0.2, -0.15) is 0 Å². The van der Waals surface area contributed by atoms with Gasteiger partial charge in [0.25, 0.3) is 0 Å². The van der Waals surface area contributed by atoms with Gasteiger partial charge >= 0.3 is 0 Å². The third-order valence-electron chi connectivity index (χ3n) is 10.6. The number of rotatable bonds is 1. The third kappa shape index (κ3) is 2.14. The van der Waals surface area contributed by atoms with Crippen molar-refractivity contribution in [1.82, 2.24) is 0 Å². The van der Waals surface area contributed by atoms with Gasteiger partial charge in [0.2, 0.25) is 0 Å². The minimum absolute atomic E-state index is 0.0273. The molecule has 0 N–H and O–H groups in total. The first-order valence-corrected chi connectivity index (χ1v) is 11.6. The van der Waals surface area contributed by atoms with Crippen LogP contribution in [0.5, 0.6) is 0 Å². The van der Waals surface area contributed by atoms with Crippen LogP contribution >= 0.6 is 0 Å². The first-order chi connectivity index (χ1) is 12.8. The van der Waals surface area contributed by atoms with Crippen LogP contribution in [-0.2, 0) is 9.59 Å². The maximum atomic E-state index is 13.1. The average Bonchev–Trinajstić information content (AvgIpc) is 2.92.